The second-order valence-electron chi connectivity index (χ2n) is 5.49. The molecule has 1 amide bonds. The first kappa shape index (κ1) is 19.0. The molecule has 1 aromatic heterocycles. The van der Waals surface area contributed by atoms with Crippen molar-refractivity contribution in [3.05, 3.63) is 88.4 Å². The Morgan fingerprint density at radius 2 is 1.67 bits per heavy atom. The molecule has 3 rings (SSSR count). The van der Waals surface area contributed by atoms with Gasteiger partial charge >= 0.3 is 0 Å². The van der Waals surface area contributed by atoms with E-state index in [-0.39, 0.29) is 5.82 Å². The Morgan fingerprint density at radius 3 is 2.37 bits per heavy atom. The smallest absolute Gasteiger partial charge is 0.273 e. The topological polar surface area (TPSA) is 75.3 Å². The van der Waals surface area contributed by atoms with Gasteiger partial charge in [-0.25, -0.2) is 12.8 Å². The molecular weight excluding hydrogens is 387 g/mol. The maximum atomic E-state index is 13.0. The molecule has 0 saturated heterocycles. The summed E-state index contributed by atoms with van der Waals surface area (Å²) in [7, 11) is -3.83. The van der Waals surface area contributed by atoms with Crippen LogP contribution in [-0.2, 0) is 10.0 Å². The summed E-state index contributed by atoms with van der Waals surface area (Å²) >= 11 is 1.17. The molecule has 0 saturated carbocycles. The molecule has 0 radical (unpaired) electrons. The van der Waals surface area contributed by atoms with E-state index in [9.17, 15) is 17.6 Å². The largest absolute Gasteiger partial charge is 0.276 e. The molecule has 138 valence electrons. The van der Waals surface area contributed by atoms with E-state index < -0.39 is 15.9 Å². The predicted octanol–water partition coefficient (Wildman–Crippen LogP) is 3.79. The van der Waals surface area contributed by atoms with Crippen LogP contribution in [0.1, 0.15) is 15.2 Å². The summed E-state index contributed by atoms with van der Waals surface area (Å²) in [6, 6.07) is 18.1. The number of thiophene rings is 1. The number of nitrogens with one attached hydrogen (secondary N) is 2. The fourth-order valence-corrected chi connectivity index (χ4v) is 3.72. The maximum Gasteiger partial charge on any atom is 0.276 e. The van der Waals surface area contributed by atoms with Gasteiger partial charge < -0.3 is 0 Å². The lowest BCUT2D eigenvalue weighted by molar-refractivity contribution is 0.0949. The van der Waals surface area contributed by atoms with Crippen LogP contribution in [0.4, 0.5) is 4.39 Å². The van der Waals surface area contributed by atoms with Crippen molar-refractivity contribution in [2.75, 3.05) is 0 Å². The third-order valence-electron chi connectivity index (χ3n) is 3.50. The molecule has 0 bridgehead atoms. The second-order valence-corrected chi connectivity index (χ2v) is 8.14. The average molecular weight is 402 g/mol. The molecule has 3 aromatic rings. The Bertz CT molecular complexity index is 1060. The van der Waals surface area contributed by atoms with Gasteiger partial charge in [-0.1, -0.05) is 42.5 Å². The number of hydrazine groups is 1. The van der Waals surface area contributed by atoms with Gasteiger partial charge in [0.15, 0.2) is 0 Å². The zero-order valence-corrected chi connectivity index (χ0v) is 15.6. The Labute approximate surface area is 160 Å². The molecule has 27 heavy (non-hydrogen) atoms. The van der Waals surface area contributed by atoms with Crippen molar-refractivity contribution in [2.45, 2.75) is 0 Å². The fourth-order valence-electron chi connectivity index (χ4n) is 2.17. The fraction of sp³-hybridized carbons (Fsp3) is 0. The summed E-state index contributed by atoms with van der Waals surface area (Å²) in [5.74, 6) is -0.920. The summed E-state index contributed by atoms with van der Waals surface area (Å²) in [5, 5.41) is 0.973. The van der Waals surface area contributed by atoms with Crippen LogP contribution in [0.15, 0.2) is 72.1 Å². The van der Waals surface area contributed by atoms with Gasteiger partial charge in [-0.3, -0.25) is 10.2 Å². The Kier molecular flexibility index (Phi) is 5.80. The Morgan fingerprint density at radius 1 is 0.963 bits per heavy atom. The van der Waals surface area contributed by atoms with Crippen molar-refractivity contribution >= 4 is 33.3 Å². The van der Waals surface area contributed by atoms with Crippen LogP contribution in [0, 0.1) is 5.82 Å². The van der Waals surface area contributed by atoms with Gasteiger partial charge in [0.2, 0.25) is 0 Å². The van der Waals surface area contributed by atoms with Gasteiger partial charge in [0.1, 0.15) is 5.82 Å². The van der Waals surface area contributed by atoms with Gasteiger partial charge in [0.05, 0.1) is 4.88 Å². The number of carbonyl (C=O) groups excluding carboxylic acids is 1. The molecule has 0 spiro atoms. The number of amides is 1. The molecule has 0 aliphatic heterocycles. The van der Waals surface area contributed by atoms with E-state index in [1.807, 2.05) is 10.9 Å². The molecule has 2 N–H and O–H groups in total. The van der Waals surface area contributed by atoms with Crippen LogP contribution in [0.5, 0.6) is 0 Å². The third kappa shape index (κ3) is 5.33. The Hall–Kier alpha value is -2.81. The van der Waals surface area contributed by atoms with Gasteiger partial charge in [-0.05, 0) is 41.5 Å². The first-order valence-electron chi connectivity index (χ1n) is 7.84. The highest BCUT2D eigenvalue weighted by molar-refractivity contribution is 7.92. The number of benzene rings is 2. The summed E-state index contributed by atoms with van der Waals surface area (Å²) < 4.78 is 36.9. The molecule has 0 atom stereocenters. The molecule has 8 heteroatoms. The first-order valence-corrected chi connectivity index (χ1v) is 10.2. The van der Waals surface area contributed by atoms with E-state index in [4.69, 9.17) is 0 Å². The number of rotatable bonds is 6. The minimum absolute atomic E-state index is 0.323. The minimum Gasteiger partial charge on any atom is -0.273 e. The van der Waals surface area contributed by atoms with Crippen molar-refractivity contribution < 1.29 is 17.6 Å². The quantitative estimate of drug-likeness (QED) is 0.616. The molecule has 5 nitrogen and oxygen atoms in total. The van der Waals surface area contributed by atoms with Gasteiger partial charge in [0, 0.05) is 10.3 Å². The van der Waals surface area contributed by atoms with E-state index in [1.165, 1.54) is 29.5 Å². The summed E-state index contributed by atoms with van der Waals surface area (Å²) in [4.78, 5) is 15.3. The highest BCUT2D eigenvalue weighted by Gasteiger charge is 2.13. The molecule has 0 aliphatic rings. The molecule has 1 heterocycles. The third-order valence-corrected chi connectivity index (χ3v) is 5.52. The lowest BCUT2D eigenvalue weighted by atomic mass is 10.2. The molecular formula is C19H15FN2O3S2. The minimum atomic E-state index is -3.83. The van der Waals surface area contributed by atoms with Crippen LogP contribution in [0.3, 0.4) is 0 Å². The number of carbonyl (C=O) groups is 1. The highest BCUT2D eigenvalue weighted by atomic mass is 32.2. The van der Waals surface area contributed by atoms with Crippen LogP contribution >= 0.6 is 11.3 Å². The van der Waals surface area contributed by atoms with Crippen LogP contribution in [0.25, 0.3) is 16.5 Å². The van der Waals surface area contributed by atoms with E-state index >= 15 is 0 Å². The molecule has 0 fully saturated rings. The number of hydrogen-bond donors (Lipinski definition) is 2. The summed E-state index contributed by atoms with van der Waals surface area (Å²) in [6.45, 7) is 0. The average Bonchev–Trinajstić information content (AvgIpc) is 3.16. The van der Waals surface area contributed by atoms with Crippen molar-refractivity contribution in [3.63, 3.8) is 0 Å². The van der Waals surface area contributed by atoms with E-state index in [0.29, 0.717) is 4.88 Å². The van der Waals surface area contributed by atoms with Gasteiger partial charge in [0.25, 0.3) is 15.9 Å². The van der Waals surface area contributed by atoms with Crippen molar-refractivity contribution in [1.29, 1.82) is 0 Å². The second kappa shape index (κ2) is 8.26. The summed E-state index contributed by atoms with van der Waals surface area (Å²) in [5.41, 5.74) is 3.66. The molecule has 2 aromatic carbocycles. The van der Waals surface area contributed by atoms with Crippen LogP contribution in [0.2, 0.25) is 0 Å². The molecule has 0 aliphatic carbocycles. The number of sulfonamides is 1. The Balaban J connectivity index is 1.62. The van der Waals surface area contributed by atoms with Crippen molar-refractivity contribution in [3.8, 4) is 10.4 Å². The van der Waals surface area contributed by atoms with Crippen LogP contribution in [-0.4, -0.2) is 14.3 Å². The van der Waals surface area contributed by atoms with Crippen LogP contribution < -0.4 is 10.3 Å². The monoisotopic (exact) mass is 402 g/mol. The predicted molar refractivity (Wildman–Crippen MR) is 105 cm³/mol. The van der Waals surface area contributed by atoms with Gasteiger partial charge in [-0.15, -0.1) is 16.2 Å². The summed E-state index contributed by atoms with van der Waals surface area (Å²) in [6.07, 6.45) is 1.42. The van der Waals surface area contributed by atoms with E-state index in [1.54, 1.807) is 48.5 Å². The maximum absolute atomic E-state index is 13.0. The number of halogens is 1. The van der Waals surface area contributed by atoms with E-state index in [0.717, 1.165) is 21.4 Å². The van der Waals surface area contributed by atoms with Gasteiger partial charge in [-0.2, -0.15) is 0 Å². The van der Waals surface area contributed by atoms with Crippen molar-refractivity contribution in [1.82, 2.24) is 10.3 Å². The standard InChI is InChI=1S/C19H15FN2O3S2/c20-16-8-6-15(7-9-16)17-10-11-18(26-17)19(23)21-22-27(24,25)13-12-14-4-2-1-3-5-14/h1-13,22H,(H,21,23)/b13-12+. The lowest BCUT2D eigenvalue weighted by Crippen LogP contribution is -2.40. The number of hydrogen-bond acceptors (Lipinski definition) is 4. The first-order chi connectivity index (χ1) is 12.9. The zero-order valence-electron chi connectivity index (χ0n) is 13.9. The zero-order chi connectivity index (χ0) is 19.3. The highest BCUT2D eigenvalue weighted by Crippen LogP contribution is 2.28. The van der Waals surface area contributed by atoms with Crippen molar-refractivity contribution in [2.24, 2.45) is 0 Å². The SMILES string of the molecule is O=C(NNS(=O)(=O)/C=C/c1ccccc1)c1ccc(-c2ccc(F)cc2)s1. The normalized spacial score (nSPS) is 11.6. The lowest BCUT2D eigenvalue weighted by Gasteiger charge is -2.04. The van der Waals surface area contributed by atoms with E-state index in [2.05, 4.69) is 5.43 Å². The molecule has 0 unspecified atom stereocenters.